The van der Waals surface area contributed by atoms with Gasteiger partial charge < -0.3 is 25.0 Å². The highest BCUT2D eigenvalue weighted by atomic mass is 16.5. The van der Waals surface area contributed by atoms with Crippen LogP contribution >= 0.6 is 0 Å². The maximum atomic E-state index is 13.3. The van der Waals surface area contributed by atoms with E-state index in [0.717, 1.165) is 37.2 Å². The van der Waals surface area contributed by atoms with E-state index in [1.165, 1.54) is 20.6 Å². The zero-order chi connectivity index (χ0) is 24.6. The van der Waals surface area contributed by atoms with E-state index in [4.69, 9.17) is 9.47 Å². The molecule has 35 heavy (non-hydrogen) atoms. The number of hydrogen-bond donors (Lipinski definition) is 2. The first-order valence-electron chi connectivity index (χ1n) is 11.8. The lowest BCUT2D eigenvalue weighted by atomic mass is 10.1. The summed E-state index contributed by atoms with van der Waals surface area (Å²) in [6.45, 7) is 2.25. The summed E-state index contributed by atoms with van der Waals surface area (Å²) < 4.78 is 10.6. The lowest BCUT2D eigenvalue weighted by Crippen LogP contribution is -2.32. The molecule has 7 heteroatoms. The second-order valence-electron chi connectivity index (χ2n) is 8.50. The van der Waals surface area contributed by atoms with Gasteiger partial charge in [0, 0.05) is 42.6 Å². The minimum Gasteiger partial charge on any atom is -0.497 e. The molecule has 0 spiro atoms. The minimum absolute atomic E-state index is 0.173. The largest absolute Gasteiger partial charge is 0.497 e. The third kappa shape index (κ3) is 6.12. The summed E-state index contributed by atoms with van der Waals surface area (Å²) in [5, 5.41) is 5.94. The number of nitrogens with zero attached hydrogens (tertiary/aromatic N) is 1. The molecule has 3 aromatic carbocycles. The summed E-state index contributed by atoms with van der Waals surface area (Å²) in [5.74, 6) is 0.559. The molecule has 0 atom stereocenters. The number of ether oxygens (including phenoxy) is 2. The van der Waals surface area contributed by atoms with Gasteiger partial charge in [0.15, 0.2) is 0 Å². The van der Waals surface area contributed by atoms with E-state index >= 15 is 0 Å². The van der Waals surface area contributed by atoms with Gasteiger partial charge in [-0.1, -0.05) is 30.3 Å². The highest BCUT2D eigenvalue weighted by molar-refractivity contribution is 6.06. The number of hydrogen-bond acceptors (Lipinski definition) is 5. The Balaban J connectivity index is 1.58. The van der Waals surface area contributed by atoms with Gasteiger partial charge in [0.1, 0.15) is 11.5 Å². The van der Waals surface area contributed by atoms with E-state index in [-0.39, 0.29) is 11.8 Å². The van der Waals surface area contributed by atoms with Crippen LogP contribution in [-0.4, -0.2) is 39.1 Å². The predicted octanol–water partition coefficient (Wildman–Crippen LogP) is 4.88. The summed E-state index contributed by atoms with van der Waals surface area (Å²) in [4.78, 5) is 28.5. The van der Waals surface area contributed by atoms with Crippen LogP contribution in [0.15, 0.2) is 66.7 Å². The van der Waals surface area contributed by atoms with Crippen LogP contribution in [0.3, 0.4) is 0 Å². The molecule has 0 aliphatic carbocycles. The fourth-order valence-electron chi connectivity index (χ4n) is 4.22. The summed E-state index contributed by atoms with van der Waals surface area (Å²) in [5.41, 5.74) is 3.40. The standard InChI is InChI=1S/C28H31N3O4/c1-34-23-15-21(16-24(18-23)35-2)27(32)30-22-11-12-26(31-13-7-4-8-14-31)25(17-22)28(33)29-19-20-9-5-3-6-10-20/h3,5-6,9-12,15-18H,4,7-8,13-14,19H2,1-2H3,(H,29,33)(H,30,32). The molecule has 0 bridgehead atoms. The van der Waals surface area contributed by atoms with Crippen molar-refractivity contribution in [2.45, 2.75) is 25.8 Å². The summed E-state index contributed by atoms with van der Waals surface area (Å²) in [6, 6.07) is 20.3. The third-order valence-corrected chi connectivity index (χ3v) is 6.11. The quantitative estimate of drug-likeness (QED) is 0.488. The number of nitrogens with one attached hydrogen (secondary N) is 2. The van der Waals surface area contributed by atoms with E-state index < -0.39 is 0 Å². The average molecular weight is 474 g/mol. The second-order valence-corrected chi connectivity index (χ2v) is 8.50. The number of carbonyl (C=O) groups excluding carboxylic acids is 2. The smallest absolute Gasteiger partial charge is 0.255 e. The molecule has 1 saturated heterocycles. The zero-order valence-electron chi connectivity index (χ0n) is 20.2. The number of carbonyl (C=O) groups is 2. The lowest BCUT2D eigenvalue weighted by Gasteiger charge is -2.30. The maximum absolute atomic E-state index is 13.3. The van der Waals surface area contributed by atoms with Crippen molar-refractivity contribution in [3.63, 3.8) is 0 Å². The maximum Gasteiger partial charge on any atom is 0.255 e. The zero-order valence-corrected chi connectivity index (χ0v) is 20.2. The lowest BCUT2D eigenvalue weighted by molar-refractivity contribution is 0.0950. The molecule has 2 N–H and O–H groups in total. The molecule has 7 nitrogen and oxygen atoms in total. The first kappa shape index (κ1) is 24.1. The molecule has 3 aromatic rings. The molecule has 1 aliphatic rings. The van der Waals surface area contributed by atoms with Crippen molar-refractivity contribution in [1.29, 1.82) is 0 Å². The van der Waals surface area contributed by atoms with Crippen LogP contribution in [0.2, 0.25) is 0 Å². The van der Waals surface area contributed by atoms with Gasteiger partial charge in [0.2, 0.25) is 0 Å². The number of methoxy groups -OCH3 is 2. The van der Waals surface area contributed by atoms with Crippen LogP contribution < -0.4 is 25.0 Å². The van der Waals surface area contributed by atoms with Gasteiger partial charge in [-0.2, -0.15) is 0 Å². The molecule has 4 rings (SSSR count). The molecule has 182 valence electrons. The van der Waals surface area contributed by atoms with Crippen LogP contribution in [0.25, 0.3) is 0 Å². The second kappa shape index (κ2) is 11.4. The number of rotatable bonds is 8. The van der Waals surface area contributed by atoms with Crippen LogP contribution in [0, 0.1) is 0 Å². The molecular formula is C28H31N3O4. The van der Waals surface area contributed by atoms with Crippen molar-refractivity contribution in [1.82, 2.24) is 5.32 Å². The van der Waals surface area contributed by atoms with Crippen LogP contribution in [0.4, 0.5) is 11.4 Å². The topological polar surface area (TPSA) is 79.9 Å². The van der Waals surface area contributed by atoms with Gasteiger partial charge in [-0.25, -0.2) is 0 Å². The van der Waals surface area contributed by atoms with Gasteiger partial charge >= 0.3 is 0 Å². The van der Waals surface area contributed by atoms with Crippen molar-refractivity contribution in [3.8, 4) is 11.5 Å². The molecule has 2 amide bonds. The Labute approximate surface area is 206 Å². The van der Waals surface area contributed by atoms with Crippen molar-refractivity contribution in [2.24, 2.45) is 0 Å². The monoisotopic (exact) mass is 473 g/mol. The van der Waals surface area contributed by atoms with Gasteiger partial charge in [-0.15, -0.1) is 0 Å². The number of piperidine rings is 1. The van der Waals surface area contributed by atoms with E-state index in [1.807, 2.05) is 42.5 Å². The van der Waals surface area contributed by atoms with Crippen molar-refractivity contribution in [2.75, 3.05) is 37.5 Å². The Morgan fingerprint density at radius 3 is 2.17 bits per heavy atom. The van der Waals surface area contributed by atoms with E-state index in [1.54, 1.807) is 24.3 Å². The molecular weight excluding hydrogens is 442 g/mol. The summed E-state index contributed by atoms with van der Waals surface area (Å²) in [6.07, 6.45) is 3.40. The fraction of sp³-hybridized carbons (Fsp3) is 0.286. The Morgan fingerprint density at radius 2 is 1.51 bits per heavy atom. The molecule has 1 aliphatic heterocycles. The fourth-order valence-corrected chi connectivity index (χ4v) is 4.22. The van der Waals surface area contributed by atoms with Gasteiger partial charge in [0.25, 0.3) is 11.8 Å². The van der Waals surface area contributed by atoms with Crippen LogP contribution in [-0.2, 0) is 6.54 Å². The highest BCUT2D eigenvalue weighted by Crippen LogP contribution is 2.28. The number of amides is 2. The third-order valence-electron chi connectivity index (χ3n) is 6.11. The molecule has 0 saturated carbocycles. The molecule has 0 radical (unpaired) electrons. The molecule has 1 fully saturated rings. The van der Waals surface area contributed by atoms with Gasteiger partial charge in [0.05, 0.1) is 19.8 Å². The van der Waals surface area contributed by atoms with E-state index in [0.29, 0.717) is 34.9 Å². The Hall–Kier alpha value is -4.00. The average Bonchev–Trinajstić information content (AvgIpc) is 2.92. The number of anilines is 2. The van der Waals surface area contributed by atoms with Crippen molar-refractivity contribution in [3.05, 3.63) is 83.4 Å². The molecule has 0 unspecified atom stereocenters. The Morgan fingerprint density at radius 1 is 0.829 bits per heavy atom. The summed E-state index contributed by atoms with van der Waals surface area (Å²) >= 11 is 0. The van der Waals surface area contributed by atoms with Crippen molar-refractivity contribution < 1.29 is 19.1 Å². The Bertz CT molecular complexity index is 1150. The molecule has 0 aromatic heterocycles. The molecule has 1 heterocycles. The van der Waals surface area contributed by atoms with Gasteiger partial charge in [-0.05, 0) is 55.2 Å². The first-order chi connectivity index (χ1) is 17.1. The minimum atomic E-state index is -0.316. The van der Waals surface area contributed by atoms with E-state index in [9.17, 15) is 9.59 Å². The highest BCUT2D eigenvalue weighted by Gasteiger charge is 2.20. The summed E-state index contributed by atoms with van der Waals surface area (Å²) in [7, 11) is 3.08. The van der Waals surface area contributed by atoms with Crippen LogP contribution in [0.5, 0.6) is 11.5 Å². The van der Waals surface area contributed by atoms with Crippen molar-refractivity contribution >= 4 is 23.2 Å². The Kier molecular flexibility index (Phi) is 7.88. The van der Waals surface area contributed by atoms with Crippen LogP contribution in [0.1, 0.15) is 45.5 Å². The number of benzene rings is 3. The van der Waals surface area contributed by atoms with Gasteiger partial charge in [-0.3, -0.25) is 9.59 Å². The normalized spacial score (nSPS) is 13.1. The van der Waals surface area contributed by atoms with E-state index in [2.05, 4.69) is 15.5 Å². The predicted molar refractivity (Wildman–Crippen MR) is 138 cm³/mol. The SMILES string of the molecule is COc1cc(OC)cc(C(=O)Nc2ccc(N3CCCCC3)c(C(=O)NCc3ccccc3)c2)c1. The first-order valence-corrected chi connectivity index (χ1v) is 11.8.